The molecule has 1 amide bonds. The molecule has 5 rings (SSSR count). The first-order valence-corrected chi connectivity index (χ1v) is 7.77. The Morgan fingerprint density at radius 3 is 2.24 bits per heavy atom. The maximum atomic E-state index is 12.8. The zero-order valence-electron chi connectivity index (χ0n) is 12.9. The molecule has 0 saturated carbocycles. The van der Waals surface area contributed by atoms with Gasteiger partial charge in [0.2, 0.25) is 5.66 Å². The van der Waals surface area contributed by atoms with Crippen LogP contribution in [0.25, 0.3) is 10.8 Å². The fourth-order valence-corrected chi connectivity index (χ4v) is 3.64. The number of nitro groups is 1. The van der Waals surface area contributed by atoms with E-state index >= 15 is 0 Å². The lowest BCUT2D eigenvalue weighted by molar-refractivity contribution is -0.384. The van der Waals surface area contributed by atoms with Gasteiger partial charge < -0.3 is 16.0 Å². The zero-order chi connectivity index (χ0) is 17.2. The maximum absolute atomic E-state index is 12.8. The van der Waals surface area contributed by atoms with Crippen molar-refractivity contribution < 1.29 is 9.72 Å². The zero-order valence-corrected chi connectivity index (χ0v) is 12.9. The van der Waals surface area contributed by atoms with E-state index in [-0.39, 0.29) is 11.6 Å². The second kappa shape index (κ2) is 4.47. The van der Waals surface area contributed by atoms with Gasteiger partial charge in [-0.1, -0.05) is 24.3 Å². The molecule has 7 heteroatoms. The highest BCUT2D eigenvalue weighted by atomic mass is 16.6. The van der Waals surface area contributed by atoms with Crippen LogP contribution in [0.1, 0.15) is 5.56 Å². The maximum Gasteiger partial charge on any atom is 0.275 e. The van der Waals surface area contributed by atoms with Crippen molar-refractivity contribution in [3.05, 3.63) is 70.3 Å². The molecule has 0 unspecified atom stereocenters. The smallest absolute Gasteiger partial charge is 0.275 e. The van der Waals surface area contributed by atoms with E-state index in [9.17, 15) is 14.9 Å². The van der Waals surface area contributed by atoms with Crippen LogP contribution >= 0.6 is 0 Å². The van der Waals surface area contributed by atoms with Crippen molar-refractivity contribution in [2.75, 3.05) is 16.0 Å². The molecule has 3 aromatic carbocycles. The average molecular weight is 332 g/mol. The highest BCUT2D eigenvalue weighted by Gasteiger charge is 2.50. The second-order valence-corrected chi connectivity index (χ2v) is 6.15. The monoisotopic (exact) mass is 332 g/mol. The Morgan fingerprint density at radius 1 is 0.920 bits per heavy atom. The van der Waals surface area contributed by atoms with Gasteiger partial charge in [0, 0.05) is 40.1 Å². The summed E-state index contributed by atoms with van der Waals surface area (Å²) in [6.45, 7) is 0. The minimum Gasteiger partial charge on any atom is -0.351 e. The number of rotatable bonds is 1. The van der Waals surface area contributed by atoms with Crippen molar-refractivity contribution in [1.82, 2.24) is 0 Å². The summed E-state index contributed by atoms with van der Waals surface area (Å²) in [4.78, 5) is 23.5. The van der Waals surface area contributed by atoms with Gasteiger partial charge in [-0.3, -0.25) is 14.9 Å². The molecule has 0 radical (unpaired) electrons. The molecule has 0 aromatic heterocycles. The standard InChI is InChI=1S/C18H12N4O3/c23-17-18(12-9-11(22(24)25)7-8-13(12)19-17)20-14-5-1-3-10-4-2-6-15(21-18)16(10)14/h1-9,20-21H,(H,19,23). The summed E-state index contributed by atoms with van der Waals surface area (Å²) in [5, 5.41) is 22.5. The van der Waals surface area contributed by atoms with Crippen LogP contribution in [-0.2, 0) is 10.5 Å². The Hall–Kier alpha value is -3.61. The van der Waals surface area contributed by atoms with E-state index in [1.165, 1.54) is 12.1 Å². The highest BCUT2D eigenvalue weighted by molar-refractivity contribution is 6.15. The molecule has 0 aliphatic carbocycles. The Bertz CT molecular complexity index is 1050. The van der Waals surface area contributed by atoms with Crippen molar-refractivity contribution in [3.8, 4) is 0 Å². The SMILES string of the molecule is O=C1Nc2ccc([N+](=O)[O-])cc2C12Nc1cccc3cccc(c13)N2. The van der Waals surface area contributed by atoms with E-state index in [0.717, 1.165) is 22.1 Å². The molecule has 0 fully saturated rings. The average Bonchev–Trinajstić information content (AvgIpc) is 2.86. The molecule has 2 heterocycles. The van der Waals surface area contributed by atoms with Crippen LogP contribution in [0.15, 0.2) is 54.6 Å². The van der Waals surface area contributed by atoms with Gasteiger partial charge in [0.05, 0.1) is 4.92 Å². The molecule has 25 heavy (non-hydrogen) atoms. The first-order valence-electron chi connectivity index (χ1n) is 7.77. The third-order valence-electron chi connectivity index (χ3n) is 4.76. The lowest BCUT2D eigenvalue weighted by Crippen LogP contribution is -2.50. The molecule has 1 spiro atoms. The number of anilines is 3. The highest BCUT2D eigenvalue weighted by Crippen LogP contribution is 2.46. The largest absolute Gasteiger partial charge is 0.351 e. The summed E-state index contributed by atoms with van der Waals surface area (Å²) in [6, 6.07) is 16.0. The van der Waals surface area contributed by atoms with Crippen LogP contribution in [0.4, 0.5) is 22.7 Å². The van der Waals surface area contributed by atoms with E-state index in [1.807, 2.05) is 36.4 Å². The molecule has 0 bridgehead atoms. The lowest BCUT2D eigenvalue weighted by Gasteiger charge is -2.36. The topological polar surface area (TPSA) is 96.3 Å². The summed E-state index contributed by atoms with van der Waals surface area (Å²) in [5.74, 6) is -0.297. The normalized spacial score (nSPS) is 16.1. The van der Waals surface area contributed by atoms with Crippen molar-refractivity contribution >= 4 is 39.4 Å². The van der Waals surface area contributed by atoms with Crippen LogP contribution in [0, 0.1) is 10.1 Å². The van der Waals surface area contributed by atoms with Crippen molar-refractivity contribution in [1.29, 1.82) is 0 Å². The fourth-order valence-electron chi connectivity index (χ4n) is 3.64. The van der Waals surface area contributed by atoms with Gasteiger partial charge in [-0.15, -0.1) is 0 Å². The fraction of sp³-hybridized carbons (Fsp3) is 0.0556. The number of nitrogens with one attached hydrogen (secondary N) is 3. The van der Waals surface area contributed by atoms with Gasteiger partial charge in [-0.2, -0.15) is 0 Å². The molecule has 0 saturated heterocycles. The van der Waals surface area contributed by atoms with Crippen LogP contribution in [0.2, 0.25) is 0 Å². The predicted octanol–water partition coefficient (Wildman–Crippen LogP) is 3.39. The Kier molecular flexibility index (Phi) is 2.47. The first-order chi connectivity index (χ1) is 12.1. The lowest BCUT2D eigenvalue weighted by atomic mass is 9.94. The van der Waals surface area contributed by atoms with Crippen molar-refractivity contribution in [3.63, 3.8) is 0 Å². The molecular weight excluding hydrogens is 320 g/mol. The van der Waals surface area contributed by atoms with Crippen molar-refractivity contribution in [2.45, 2.75) is 5.66 Å². The number of hydrogen-bond donors (Lipinski definition) is 3. The Balaban J connectivity index is 1.75. The molecule has 0 atom stereocenters. The van der Waals surface area contributed by atoms with Gasteiger partial charge in [0.1, 0.15) is 0 Å². The number of non-ortho nitro benzene ring substituents is 1. The molecule has 3 N–H and O–H groups in total. The molecule has 3 aromatic rings. The number of amides is 1. The number of carbonyl (C=O) groups is 1. The van der Waals surface area contributed by atoms with Gasteiger partial charge in [0.15, 0.2) is 0 Å². The Labute approximate surface area is 141 Å². The van der Waals surface area contributed by atoms with E-state index < -0.39 is 10.6 Å². The molecular formula is C18H12N4O3. The summed E-state index contributed by atoms with van der Waals surface area (Å²) < 4.78 is 0. The van der Waals surface area contributed by atoms with Crippen LogP contribution in [0.5, 0.6) is 0 Å². The van der Waals surface area contributed by atoms with E-state index in [0.29, 0.717) is 11.3 Å². The summed E-state index contributed by atoms with van der Waals surface area (Å²) >= 11 is 0. The number of carbonyl (C=O) groups excluding carboxylic acids is 1. The van der Waals surface area contributed by atoms with Crippen LogP contribution < -0.4 is 16.0 Å². The third-order valence-corrected chi connectivity index (χ3v) is 4.76. The molecule has 2 aliphatic rings. The van der Waals surface area contributed by atoms with Gasteiger partial charge in [-0.05, 0) is 23.6 Å². The van der Waals surface area contributed by atoms with Gasteiger partial charge >= 0.3 is 0 Å². The molecule has 7 nitrogen and oxygen atoms in total. The second-order valence-electron chi connectivity index (χ2n) is 6.15. The summed E-state index contributed by atoms with van der Waals surface area (Å²) in [5.41, 5.74) is 1.35. The number of hydrogen-bond acceptors (Lipinski definition) is 5. The van der Waals surface area contributed by atoms with Gasteiger partial charge in [0.25, 0.3) is 11.6 Å². The minimum absolute atomic E-state index is 0.0599. The van der Waals surface area contributed by atoms with Crippen LogP contribution in [0.3, 0.4) is 0 Å². The number of fused-ring (bicyclic) bond motifs is 2. The number of nitro benzene ring substituents is 1. The quantitative estimate of drug-likeness (QED) is 0.469. The molecule has 122 valence electrons. The minimum atomic E-state index is -1.27. The summed E-state index contributed by atoms with van der Waals surface area (Å²) in [6.07, 6.45) is 0. The summed E-state index contributed by atoms with van der Waals surface area (Å²) in [7, 11) is 0. The Morgan fingerprint density at radius 2 is 1.60 bits per heavy atom. The molecule has 2 aliphatic heterocycles. The number of benzene rings is 3. The van der Waals surface area contributed by atoms with Gasteiger partial charge in [-0.25, -0.2) is 0 Å². The van der Waals surface area contributed by atoms with Crippen LogP contribution in [-0.4, -0.2) is 10.8 Å². The van der Waals surface area contributed by atoms with E-state index in [4.69, 9.17) is 0 Å². The first kappa shape index (κ1) is 13.8. The number of nitrogens with zero attached hydrogens (tertiary/aromatic N) is 1. The third kappa shape index (κ3) is 1.72. The van der Waals surface area contributed by atoms with E-state index in [2.05, 4.69) is 16.0 Å². The van der Waals surface area contributed by atoms with E-state index in [1.54, 1.807) is 6.07 Å². The van der Waals surface area contributed by atoms with Crippen molar-refractivity contribution in [2.24, 2.45) is 0 Å². The predicted molar refractivity (Wildman–Crippen MR) is 94.6 cm³/mol.